The molecule has 2 aliphatic carbocycles. The van der Waals surface area contributed by atoms with Crippen molar-refractivity contribution >= 4 is 23.0 Å². The monoisotopic (exact) mass is 363 g/mol. The summed E-state index contributed by atoms with van der Waals surface area (Å²) >= 11 is 5.57. The summed E-state index contributed by atoms with van der Waals surface area (Å²) in [5, 5.41) is 0. The maximum Gasteiger partial charge on any atom is 0.222 e. The van der Waals surface area contributed by atoms with Crippen molar-refractivity contribution in [2.24, 2.45) is 17.8 Å². The van der Waals surface area contributed by atoms with Crippen LogP contribution in [0.25, 0.3) is 0 Å². The van der Waals surface area contributed by atoms with Crippen molar-refractivity contribution < 1.29 is 4.79 Å². The van der Waals surface area contributed by atoms with Crippen LogP contribution in [0.15, 0.2) is 0 Å². The van der Waals surface area contributed by atoms with Crippen LogP contribution in [0.3, 0.4) is 0 Å². The lowest BCUT2D eigenvalue weighted by atomic mass is 9.75. The maximum atomic E-state index is 12.5. The summed E-state index contributed by atoms with van der Waals surface area (Å²) in [7, 11) is 0. The van der Waals surface area contributed by atoms with Crippen LogP contribution in [0.5, 0.6) is 0 Å². The molecule has 0 bridgehead atoms. The van der Waals surface area contributed by atoms with Gasteiger partial charge in [-0.25, -0.2) is 0 Å². The highest BCUT2D eigenvalue weighted by Crippen LogP contribution is 2.36. The van der Waals surface area contributed by atoms with E-state index in [0.29, 0.717) is 5.91 Å². The fourth-order valence-corrected chi connectivity index (χ4v) is 5.78. The van der Waals surface area contributed by atoms with Gasteiger partial charge in [-0.15, -0.1) is 0 Å². The Hall–Kier alpha value is -0.440. The summed E-state index contributed by atoms with van der Waals surface area (Å²) in [5.74, 6) is 3.02. The van der Waals surface area contributed by atoms with Gasteiger partial charge in [0.2, 0.25) is 5.91 Å². The minimum absolute atomic E-state index is 0.414. The number of nitrogens with zero attached hydrogens (tertiary/aromatic N) is 1. The molecule has 1 heterocycles. The van der Waals surface area contributed by atoms with Gasteiger partial charge in [-0.3, -0.25) is 4.79 Å². The third kappa shape index (κ3) is 6.05. The number of amides is 1. The van der Waals surface area contributed by atoms with E-state index in [1.165, 1.54) is 75.5 Å². The van der Waals surface area contributed by atoms with Gasteiger partial charge >= 0.3 is 0 Å². The highest BCUT2D eigenvalue weighted by Gasteiger charge is 2.32. The van der Waals surface area contributed by atoms with E-state index in [1.54, 1.807) is 0 Å². The third-order valence-electron chi connectivity index (χ3n) is 6.98. The van der Waals surface area contributed by atoms with Gasteiger partial charge in [0.05, 0.1) is 0 Å². The molecule has 0 aromatic carbocycles. The molecule has 0 spiro atoms. The fraction of sp³-hybridized carbons (Fsp3) is 0.909. The largest absolute Gasteiger partial charge is 0.342 e. The third-order valence-corrected chi connectivity index (χ3v) is 7.35. The van der Waals surface area contributed by atoms with E-state index in [0.717, 1.165) is 56.5 Å². The van der Waals surface area contributed by atoms with Gasteiger partial charge in [-0.05, 0) is 61.1 Å². The Kier molecular flexibility index (Phi) is 7.76. The minimum Gasteiger partial charge on any atom is -0.342 e. The van der Waals surface area contributed by atoms with E-state index in [4.69, 9.17) is 12.2 Å². The number of carbonyl (C=O) groups is 1. The molecule has 0 aromatic rings. The highest BCUT2D eigenvalue weighted by molar-refractivity contribution is 7.80. The molecule has 0 aromatic heterocycles. The molecule has 1 saturated heterocycles. The van der Waals surface area contributed by atoms with Crippen LogP contribution in [0, 0.1) is 17.8 Å². The van der Waals surface area contributed by atoms with Crippen LogP contribution in [0.4, 0.5) is 0 Å². The van der Waals surface area contributed by atoms with E-state index >= 15 is 0 Å². The van der Waals surface area contributed by atoms with Gasteiger partial charge in [-0.2, -0.15) is 0 Å². The Bertz CT molecular complexity index is 443. The van der Waals surface area contributed by atoms with Gasteiger partial charge in [0, 0.05) is 19.5 Å². The Morgan fingerprint density at radius 1 is 0.840 bits per heavy atom. The zero-order chi connectivity index (χ0) is 17.5. The van der Waals surface area contributed by atoms with E-state index in [1.807, 2.05) is 0 Å². The first-order chi connectivity index (χ1) is 12.2. The number of carbonyl (C=O) groups excluding carboxylic acids is 1. The van der Waals surface area contributed by atoms with Gasteiger partial charge in [0.15, 0.2) is 0 Å². The predicted octanol–water partition coefficient (Wildman–Crippen LogP) is 5.93. The average molecular weight is 364 g/mol. The van der Waals surface area contributed by atoms with E-state index in [2.05, 4.69) is 4.90 Å². The van der Waals surface area contributed by atoms with Gasteiger partial charge < -0.3 is 4.90 Å². The number of rotatable bonds is 8. The fourth-order valence-electron chi connectivity index (χ4n) is 5.40. The Labute approximate surface area is 160 Å². The van der Waals surface area contributed by atoms with Crippen LogP contribution in [0.2, 0.25) is 0 Å². The molecule has 2 unspecified atom stereocenters. The molecule has 3 heteroatoms. The van der Waals surface area contributed by atoms with E-state index in [9.17, 15) is 4.79 Å². The average Bonchev–Trinajstić information content (AvgIpc) is 3.13. The lowest BCUT2D eigenvalue weighted by Gasteiger charge is -2.41. The zero-order valence-corrected chi connectivity index (χ0v) is 16.8. The molecule has 0 radical (unpaired) electrons. The molecule has 3 fully saturated rings. The summed E-state index contributed by atoms with van der Waals surface area (Å²) in [6.07, 6.45) is 18.9. The molecule has 25 heavy (non-hydrogen) atoms. The molecular weight excluding hydrogens is 326 g/mol. The molecular formula is C22H37NOS. The van der Waals surface area contributed by atoms with Crippen molar-refractivity contribution in [1.29, 1.82) is 0 Å². The highest BCUT2D eigenvalue weighted by atomic mass is 32.1. The van der Waals surface area contributed by atoms with Crippen LogP contribution >= 0.6 is 12.2 Å². The molecule has 3 rings (SSSR count). The van der Waals surface area contributed by atoms with Crippen molar-refractivity contribution in [3.05, 3.63) is 0 Å². The number of hydrogen-bond acceptors (Lipinski definition) is 2. The number of piperidine rings is 1. The summed E-state index contributed by atoms with van der Waals surface area (Å²) in [4.78, 5) is 16.0. The second kappa shape index (κ2) is 10.0. The summed E-state index contributed by atoms with van der Waals surface area (Å²) in [6.45, 7) is 2.07. The second-order valence-electron chi connectivity index (χ2n) is 8.89. The molecule has 142 valence electrons. The Morgan fingerprint density at radius 2 is 1.52 bits per heavy atom. The second-order valence-corrected chi connectivity index (χ2v) is 9.46. The smallest absolute Gasteiger partial charge is 0.222 e. The van der Waals surface area contributed by atoms with Crippen molar-refractivity contribution in [1.82, 2.24) is 4.90 Å². The van der Waals surface area contributed by atoms with Gasteiger partial charge in [0.1, 0.15) is 0 Å². The Balaban J connectivity index is 1.24. The quantitative estimate of drug-likeness (QED) is 0.394. The molecule has 0 N–H and O–H groups in total. The van der Waals surface area contributed by atoms with Gasteiger partial charge in [0.25, 0.3) is 0 Å². The van der Waals surface area contributed by atoms with Crippen LogP contribution in [0.1, 0.15) is 96.3 Å². The first kappa shape index (κ1) is 19.3. The normalized spacial score (nSPS) is 27.3. The molecule has 1 aliphatic heterocycles. The van der Waals surface area contributed by atoms with Crippen molar-refractivity contribution in [2.75, 3.05) is 13.1 Å². The van der Waals surface area contributed by atoms with Crippen LogP contribution in [-0.4, -0.2) is 28.8 Å². The number of fused-ring (bicyclic) bond motifs is 1. The molecule has 2 atom stereocenters. The van der Waals surface area contributed by atoms with Crippen molar-refractivity contribution in [2.45, 2.75) is 96.3 Å². The molecule has 2 nitrogen and oxygen atoms in total. The zero-order valence-electron chi connectivity index (χ0n) is 16.0. The number of likely N-dealkylation sites (tertiary alicyclic amines) is 1. The van der Waals surface area contributed by atoms with Crippen LogP contribution in [-0.2, 0) is 4.79 Å². The topological polar surface area (TPSA) is 20.3 Å². The number of hydrogen-bond donors (Lipinski definition) is 0. The first-order valence-electron chi connectivity index (χ1n) is 11.0. The minimum atomic E-state index is 0.414. The van der Waals surface area contributed by atoms with E-state index in [-0.39, 0.29) is 0 Å². The lowest BCUT2D eigenvalue weighted by Crippen LogP contribution is -2.44. The lowest BCUT2D eigenvalue weighted by molar-refractivity contribution is -0.134. The molecule has 2 saturated carbocycles. The molecule has 3 aliphatic rings. The van der Waals surface area contributed by atoms with Crippen LogP contribution < -0.4 is 0 Å². The SMILES string of the molecule is O=C(CCCCCC(=S)CC1CCCC1)N1CCC2CCCCC2C1. The maximum absolute atomic E-state index is 12.5. The predicted molar refractivity (Wildman–Crippen MR) is 109 cm³/mol. The van der Waals surface area contributed by atoms with Gasteiger partial charge in [-0.1, -0.05) is 63.6 Å². The first-order valence-corrected chi connectivity index (χ1v) is 11.4. The molecule has 1 amide bonds. The Morgan fingerprint density at radius 3 is 2.32 bits per heavy atom. The summed E-state index contributed by atoms with van der Waals surface area (Å²) in [5.41, 5.74) is 0. The standard InChI is InChI=1S/C22H37NOS/c24-22(23-15-14-19-10-6-7-11-20(19)17-23)13-3-1-2-12-21(25)16-18-8-4-5-9-18/h18-20H,1-17H2. The number of thiocarbonyl (C=S) groups is 1. The summed E-state index contributed by atoms with van der Waals surface area (Å²) < 4.78 is 0. The number of unbranched alkanes of at least 4 members (excludes halogenated alkanes) is 2. The summed E-state index contributed by atoms with van der Waals surface area (Å²) in [6, 6.07) is 0. The van der Waals surface area contributed by atoms with Crippen molar-refractivity contribution in [3.8, 4) is 0 Å². The van der Waals surface area contributed by atoms with Crippen molar-refractivity contribution in [3.63, 3.8) is 0 Å². The van der Waals surface area contributed by atoms with E-state index < -0.39 is 0 Å².